The number of carboxylic acids is 1. The lowest BCUT2D eigenvalue weighted by molar-refractivity contribution is -0.142. The van der Waals surface area contributed by atoms with E-state index in [1.165, 1.54) is 6.42 Å². The van der Waals surface area contributed by atoms with Crippen LogP contribution in [0, 0.1) is 5.92 Å². The third-order valence-corrected chi connectivity index (χ3v) is 2.23. The maximum Gasteiger partial charge on any atom is 0.306 e. The average molecular weight is 188 g/mol. The van der Waals surface area contributed by atoms with E-state index in [1.54, 1.807) is 0 Å². The van der Waals surface area contributed by atoms with Crippen LogP contribution in [-0.4, -0.2) is 22.8 Å². The van der Waals surface area contributed by atoms with Crippen LogP contribution in [0.4, 0.5) is 0 Å². The minimum Gasteiger partial charge on any atom is -0.481 e. The molecule has 0 aliphatic heterocycles. The van der Waals surface area contributed by atoms with Crippen LogP contribution in [0.15, 0.2) is 0 Å². The molecule has 0 saturated heterocycles. The lowest BCUT2D eigenvalue weighted by atomic mass is 9.98. The summed E-state index contributed by atoms with van der Waals surface area (Å²) in [6.45, 7) is 2.10. The fourth-order valence-electron chi connectivity index (χ4n) is 1.36. The van der Waals surface area contributed by atoms with Gasteiger partial charge in [0.15, 0.2) is 0 Å². The molecule has 0 heterocycles. The number of carboxylic acid groups (broad SMARTS) is 1. The third-order valence-electron chi connectivity index (χ3n) is 2.23. The maximum atomic E-state index is 10.6. The van der Waals surface area contributed by atoms with Crippen molar-refractivity contribution in [1.82, 2.24) is 0 Å². The molecule has 0 aliphatic carbocycles. The summed E-state index contributed by atoms with van der Waals surface area (Å²) in [5.41, 5.74) is 0. The highest BCUT2D eigenvalue weighted by molar-refractivity contribution is 5.69. The molecule has 0 bridgehead atoms. The first kappa shape index (κ1) is 12.4. The third kappa shape index (κ3) is 6.58. The summed E-state index contributed by atoms with van der Waals surface area (Å²) >= 11 is 0. The number of rotatable bonds is 8. The van der Waals surface area contributed by atoms with E-state index in [9.17, 15) is 4.79 Å². The van der Waals surface area contributed by atoms with E-state index in [4.69, 9.17) is 10.2 Å². The van der Waals surface area contributed by atoms with Crippen LogP contribution in [0.25, 0.3) is 0 Å². The molecule has 0 aromatic heterocycles. The van der Waals surface area contributed by atoms with Crippen LogP contribution in [0.5, 0.6) is 0 Å². The summed E-state index contributed by atoms with van der Waals surface area (Å²) in [5, 5.41) is 17.4. The van der Waals surface area contributed by atoms with E-state index >= 15 is 0 Å². The average Bonchev–Trinajstić information content (AvgIpc) is 2.10. The Kier molecular flexibility index (Phi) is 7.69. The molecule has 0 spiro atoms. The Morgan fingerprint density at radius 1 is 1.23 bits per heavy atom. The monoisotopic (exact) mass is 188 g/mol. The molecule has 0 radical (unpaired) electrons. The van der Waals surface area contributed by atoms with Gasteiger partial charge in [0.2, 0.25) is 0 Å². The highest BCUT2D eigenvalue weighted by Gasteiger charge is 2.15. The predicted octanol–water partition coefficient (Wildman–Crippen LogP) is 2.04. The van der Waals surface area contributed by atoms with Gasteiger partial charge in [0.1, 0.15) is 0 Å². The topological polar surface area (TPSA) is 57.5 Å². The molecule has 0 aromatic rings. The molecule has 0 fully saturated rings. The Labute approximate surface area is 79.8 Å². The van der Waals surface area contributed by atoms with Gasteiger partial charge >= 0.3 is 5.97 Å². The lowest BCUT2D eigenvalue weighted by Gasteiger charge is -2.09. The van der Waals surface area contributed by atoms with E-state index in [-0.39, 0.29) is 12.5 Å². The number of aliphatic carboxylic acids is 1. The lowest BCUT2D eigenvalue weighted by Crippen LogP contribution is -2.15. The smallest absolute Gasteiger partial charge is 0.306 e. The molecule has 0 rings (SSSR count). The van der Waals surface area contributed by atoms with Crippen molar-refractivity contribution in [3.63, 3.8) is 0 Å². The van der Waals surface area contributed by atoms with Crippen LogP contribution in [0.3, 0.4) is 0 Å². The second-order valence-electron chi connectivity index (χ2n) is 3.40. The number of carbonyl (C=O) groups is 1. The molecule has 0 aromatic carbocycles. The Hall–Kier alpha value is -0.570. The molecule has 1 atom stereocenters. The number of unbranched alkanes of at least 4 members (excludes halogenated alkanes) is 3. The minimum absolute atomic E-state index is 0.0231. The van der Waals surface area contributed by atoms with Crippen LogP contribution < -0.4 is 0 Å². The van der Waals surface area contributed by atoms with Crippen LogP contribution in [-0.2, 0) is 4.79 Å². The quantitative estimate of drug-likeness (QED) is 0.573. The van der Waals surface area contributed by atoms with Crippen molar-refractivity contribution >= 4 is 5.97 Å². The van der Waals surface area contributed by atoms with E-state index in [2.05, 4.69) is 6.92 Å². The van der Waals surface area contributed by atoms with Crippen LogP contribution in [0.1, 0.15) is 45.4 Å². The van der Waals surface area contributed by atoms with Gasteiger partial charge in [-0.15, -0.1) is 0 Å². The first-order valence-electron chi connectivity index (χ1n) is 5.06. The Balaban J connectivity index is 3.51. The second-order valence-corrected chi connectivity index (χ2v) is 3.40. The highest BCUT2D eigenvalue weighted by atomic mass is 16.4. The van der Waals surface area contributed by atoms with Crippen molar-refractivity contribution in [2.24, 2.45) is 5.92 Å². The maximum absolute atomic E-state index is 10.6. The van der Waals surface area contributed by atoms with Crippen molar-refractivity contribution < 1.29 is 15.0 Å². The largest absolute Gasteiger partial charge is 0.481 e. The van der Waals surface area contributed by atoms with Crippen molar-refractivity contribution in [3.05, 3.63) is 0 Å². The van der Waals surface area contributed by atoms with E-state index < -0.39 is 5.97 Å². The molecule has 2 N–H and O–H groups in total. The number of aliphatic hydroxyl groups is 1. The molecule has 0 saturated carbocycles. The summed E-state index contributed by atoms with van der Waals surface area (Å²) in [6, 6.07) is 0. The zero-order valence-electron chi connectivity index (χ0n) is 8.33. The molecular weight excluding hydrogens is 168 g/mol. The van der Waals surface area contributed by atoms with Crippen molar-refractivity contribution in [2.75, 3.05) is 6.61 Å². The fourth-order valence-corrected chi connectivity index (χ4v) is 1.36. The van der Waals surface area contributed by atoms with E-state index in [0.29, 0.717) is 12.8 Å². The Morgan fingerprint density at radius 3 is 2.38 bits per heavy atom. The van der Waals surface area contributed by atoms with Gasteiger partial charge in [0.05, 0.1) is 5.92 Å². The summed E-state index contributed by atoms with van der Waals surface area (Å²) < 4.78 is 0. The van der Waals surface area contributed by atoms with Gasteiger partial charge in [-0.05, 0) is 12.8 Å². The van der Waals surface area contributed by atoms with Crippen molar-refractivity contribution in [2.45, 2.75) is 45.4 Å². The zero-order valence-corrected chi connectivity index (χ0v) is 8.33. The number of hydrogen-bond donors (Lipinski definition) is 2. The number of hydrogen-bond acceptors (Lipinski definition) is 2. The van der Waals surface area contributed by atoms with Gasteiger partial charge in [0.25, 0.3) is 0 Å². The first-order valence-corrected chi connectivity index (χ1v) is 5.06. The second kappa shape index (κ2) is 8.05. The number of aliphatic hydroxyl groups excluding tert-OH is 1. The van der Waals surface area contributed by atoms with Gasteiger partial charge < -0.3 is 10.2 Å². The van der Waals surface area contributed by atoms with Gasteiger partial charge in [-0.1, -0.05) is 32.6 Å². The molecule has 0 aliphatic rings. The van der Waals surface area contributed by atoms with Gasteiger partial charge in [0, 0.05) is 6.61 Å². The molecule has 0 amide bonds. The van der Waals surface area contributed by atoms with Crippen LogP contribution in [0.2, 0.25) is 0 Å². The molecular formula is C10H20O3. The van der Waals surface area contributed by atoms with Crippen molar-refractivity contribution in [1.29, 1.82) is 0 Å². The standard InChI is InChI=1S/C10H20O3/c1-2-3-4-5-6-9(7-8-11)10(12)13/h9,11H,2-8H2,1H3,(H,12,13). The summed E-state index contributed by atoms with van der Waals surface area (Å²) in [7, 11) is 0. The molecule has 3 nitrogen and oxygen atoms in total. The highest BCUT2D eigenvalue weighted by Crippen LogP contribution is 2.14. The van der Waals surface area contributed by atoms with Gasteiger partial charge in [-0.3, -0.25) is 4.79 Å². The van der Waals surface area contributed by atoms with Gasteiger partial charge in [-0.25, -0.2) is 0 Å². The summed E-state index contributed by atoms with van der Waals surface area (Å²) in [6.07, 6.45) is 5.50. The summed E-state index contributed by atoms with van der Waals surface area (Å²) in [4.78, 5) is 10.6. The Morgan fingerprint density at radius 2 is 1.92 bits per heavy atom. The fraction of sp³-hybridized carbons (Fsp3) is 0.900. The molecule has 3 heteroatoms. The zero-order chi connectivity index (χ0) is 10.1. The predicted molar refractivity (Wildman–Crippen MR) is 51.6 cm³/mol. The van der Waals surface area contributed by atoms with E-state index in [0.717, 1.165) is 19.3 Å². The Bertz CT molecular complexity index is 134. The summed E-state index contributed by atoms with van der Waals surface area (Å²) in [5.74, 6) is -1.12. The molecule has 78 valence electrons. The minimum atomic E-state index is -0.773. The van der Waals surface area contributed by atoms with Crippen LogP contribution >= 0.6 is 0 Å². The van der Waals surface area contributed by atoms with Gasteiger partial charge in [-0.2, -0.15) is 0 Å². The van der Waals surface area contributed by atoms with E-state index in [1.807, 2.05) is 0 Å². The van der Waals surface area contributed by atoms with Crippen molar-refractivity contribution in [3.8, 4) is 0 Å². The SMILES string of the molecule is CCCCCCC(CCO)C(=O)O. The first-order chi connectivity index (χ1) is 6.22. The molecule has 1 unspecified atom stereocenters. The normalized spacial score (nSPS) is 12.8. The molecule has 13 heavy (non-hydrogen) atoms.